The maximum absolute atomic E-state index is 13.3. The fraction of sp³-hybridized carbons (Fsp3) is 0.100. The van der Waals surface area contributed by atoms with Gasteiger partial charge in [0.1, 0.15) is 5.76 Å². The maximum Gasteiger partial charge on any atom is 0.260 e. The first-order chi connectivity index (χ1) is 12.7. The number of benzene rings is 2. The Labute approximate surface area is 159 Å². The Bertz CT molecular complexity index is 1010. The van der Waals surface area contributed by atoms with Crippen molar-refractivity contribution >= 4 is 44.4 Å². The van der Waals surface area contributed by atoms with Crippen LogP contribution in [0.5, 0.6) is 0 Å². The van der Waals surface area contributed by atoms with Crippen molar-refractivity contribution in [2.75, 3.05) is 11.2 Å². The van der Waals surface area contributed by atoms with Crippen molar-refractivity contribution in [2.45, 2.75) is 11.4 Å². The van der Waals surface area contributed by atoms with Crippen LogP contribution in [0.4, 0.5) is 5.13 Å². The van der Waals surface area contributed by atoms with Gasteiger partial charge < -0.3 is 4.42 Å². The first-order valence-corrected chi connectivity index (χ1v) is 10.1. The summed E-state index contributed by atoms with van der Waals surface area (Å²) in [5.41, 5.74) is 1.53. The number of carbonyl (C=O) groups is 1. The number of hydrogen-bond acceptors (Lipinski definition) is 5. The van der Waals surface area contributed by atoms with Crippen LogP contribution in [0, 0.1) is 0 Å². The predicted octanol–water partition coefficient (Wildman–Crippen LogP) is 5.46. The van der Waals surface area contributed by atoms with Gasteiger partial charge in [-0.1, -0.05) is 29.5 Å². The highest BCUT2D eigenvalue weighted by Crippen LogP contribution is 2.31. The van der Waals surface area contributed by atoms with E-state index in [0.717, 1.165) is 20.9 Å². The molecule has 0 atom stereocenters. The topological polar surface area (TPSA) is 46.3 Å². The van der Waals surface area contributed by atoms with Crippen molar-refractivity contribution in [2.24, 2.45) is 0 Å². The lowest BCUT2D eigenvalue weighted by molar-refractivity contribution is 0.0983. The molecule has 0 aliphatic rings. The first-order valence-electron chi connectivity index (χ1n) is 8.08. The van der Waals surface area contributed by atoms with Crippen molar-refractivity contribution in [1.82, 2.24) is 4.98 Å². The number of para-hydroxylation sites is 1. The molecule has 130 valence electrons. The van der Waals surface area contributed by atoms with Gasteiger partial charge >= 0.3 is 0 Å². The van der Waals surface area contributed by atoms with Gasteiger partial charge in [0, 0.05) is 10.5 Å². The molecular weight excluding hydrogens is 364 g/mol. The monoisotopic (exact) mass is 380 g/mol. The normalized spacial score (nSPS) is 11.0. The Balaban J connectivity index is 1.75. The molecule has 0 fully saturated rings. The van der Waals surface area contributed by atoms with E-state index in [1.165, 1.54) is 11.3 Å². The Hall–Kier alpha value is -2.57. The quantitative estimate of drug-likeness (QED) is 0.431. The zero-order valence-electron chi connectivity index (χ0n) is 14.1. The SMILES string of the molecule is CSc1cccc(C(=O)N(Cc2ccco2)c2nc3ccccc3s2)c1. The lowest BCUT2D eigenvalue weighted by Crippen LogP contribution is -2.30. The number of nitrogens with zero attached hydrogens (tertiary/aromatic N) is 2. The second-order valence-corrected chi connectivity index (χ2v) is 7.56. The molecule has 1 amide bonds. The lowest BCUT2D eigenvalue weighted by Gasteiger charge is -2.19. The number of hydrogen-bond donors (Lipinski definition) is 0. The van der Waals surface area contributed by atoms with Crippen LogP contribution in [0.3, 0.4) is 0 Å². The molecule has 6 heteroatoms. The highest BCUT2D eigenvalue weighted by Gasteiger charge is 2.22. The second-order valence-electron chi connectivity index (χ2n) is 5.67. The molecule has 0 saturated carbocycles. The summed E-state index contributed by atoms with van der Waals surface area (Å²) < 4.78 is 6.52. The molecule has 2 heterocycles. The van der Waals surface area contributed by atoms with E-state index >= 15 is 0 Å². The van der Waals surface area contributed by atoms with Gasteiger partial charge in [0.15, 0.2) is 5.13 Å². The van der Waals surface area contributed by atoms with E-state index in [0.29, 0.717) is 17.2 Å². The Morgan fingerprint density at radius 3 is 2.81 bits per heavy atom. The number of thiazole rings is 1. The number of furan rings is 1. The third kappa shape index (κ3) is 3.38. The van der Waals surface area contributed by atoms with E-state index in [9.17, 15) is 4.79 Å². The van der Waals surface area contributed by atoms with E-state index in [-0.39, 0.29) is 5.91 Å². The largest absolute Gasteiger partial charge is 0.467 e. The number of amides is 1. The fourth-order valence-corrected chi connectivity index (χ4v) is 4.09. The average molecular weight is 380 g/mol. The van der Waals surface area contributed by atoms with Crippen LogP contribution < -0.4 is 4.90 Å². The van der Waals surface area contributed by atoms with Gasteiger partial charge in [0.05, 0.1) is 23.0 Å². The number of aromatic nitrogens is 1. The number of rotatable bonds is 5. The highest BCUT2D eigenvalue weighted by molar-refractivity contribution is 7.98. The minimum Gasteiger partial charge on any atom is -0.467 e. The summed E-state index contributed by atoms with van der Waals surface area (Å²) in [7, 11) is 0. The second kappa shape index (κ2) is 7.35. The third-order valence-corrected chi connectivity index (χ3v) is 5.75. The van der Waals surface area contributed by atoms with Gasteiger partial charge in [-0.3, -0.25) is 9.69 Å². The molecule has 4 nitrogen and oxygen atoms in total. The maximum atomic E-state index is 13.3. The number of thioether (sulfide) groups is 1. The minimum absolute atomic E-state index is 0.0867. The predicted molar refractivity (Wildman–Crippen MR) is 107 cm³/mol. The summed E-state index contributed by atoms with van der Waals surface area (Å²) in [6.07, 6.45) is 3.61. The molecule has 2 aromatic heterocycles. The van der Waals surface area contributed by atoms with Crippen LogP contribution >= 0.6 is 23.1 Å². The minimum atomic E-state index is -0.0867. The number of anilines is 1. The third-order valence-electron chi connectivity index (χ3n) is 3.97. The Morgan fingerprint density at radius 1 is 1.15 bits per heavy atom. The van der Waals surface area contributed by atoms with Crippen LogP contribution in [0.1, 0.15) is 16.1 Å². The van der Waals surface area contributed by atoms with Crippen LogP contribution in [0.2, 0.25) is 0 Å². The van der Waals surface area contributed by atoms with E-state index < -0.39 is 0 Å². The summed E-state index contributed by atoms with van der Waals surface area (Å²) in [4.78, 5) is 20.7. The zero-order chi connectivity index (χ0) is 17.9. The summed E-state index contributed by atoms with van der Waals surface area (Å²) in [5.74, 6) is 0.634. The highest BCUT2D eigenvalue weighted by atomic mass is 32.2. The summed E-state index contributed by atoms with van der Waals surface area (Å²) in [5, 5.41) is 0.669. The standard InChI is InChI=1S/C20H16N2O2S2/c1-25-16-8-4-6-14(12-16)19(23)22(13-15-7-5-11-24-15)20-21-17-9-2-3-10-18(17)26-20/h2-12H,13H2,1H3. The molecule has 0 N–H and O–H groups in total. The van der Waals surface area contributed by atoms with Gasteiger partial charge in [-0.05, 0) is 48.7 Å². The van der Waals surface area contributed by atoms with E-state index in [1.807, 2.05) is 66.9 Å². The van der Waals surface area contributed by atoms with Crippen molar-refractivity contribution in [3.8, 4) is 0 Å². The number of fused-ring (bicyclic) bond motifs is 1. The van der Waals surface area contributed by atoms with E-state index in [1.54, 1.807) is 22.9 Å². The Kier molecular flexibility index (Phi) is 4.77. The molecule has 0 bridgehead atoms. The molecule has 0 saturated heterocycles. The molecule has 0 radical (unpaired) electrons. The average Bonchev–Trinajstić information content (AvgIpc) is 3.34. The molecule has 0 unspecified atom stereocenters. The molecule has 0 aliphatic heterocycles. The first kappa shape index (κ1) is 16.9. The molecular formula is C20H16N2O2S2. The number of carbonyl (C=O) groups excluding carboxylic acids is 1. The Morgan fingerprint density at radius 2 is 2.04 bits per heavy atom. The molecule has 4 aromatic rings. The summed E-state index contributed by atoms with van der Waals surface area (Å²) in [6, 6.07) is 19.2. The molecule has 0 aliphatic carbocycles. The molecule has 2 aromatic carbocycles. The van der Waals surface area contributed by atoms with Gasteiger partial charge in [-0.2, -0.15) is 0 Å². The zero-order valence-corrected chi connectivity index (χ0v) is 15.7. The van der Waals surface area contributed by atoms with E-state index in [4.69, 9.17) is 4.42 Å². The van der Waals surface area contributed by atoms with Crippen LogP contribution in [0.15, 0.2) is 76.2 Å². The van der Waals surface area contributed by atoms with Crippen molar-refractivity contribution < 1.29 is 9.21 Å². The smallest absolute Gasteiger partial charge is 0.260 e. The van der Waals surface area contributed by atoms with Gasteiger partial charge in [-0.25, -0.2) is 4.98 Å². The van der Waals surface area contributed by atoms with Crippen LogP contribution in [-0.4, -0.2) is 17.1 Å². The van der Waals surface area contributed by atoms with Gasteiger partial charge in [0.2, 0.25) is 0 Å². The molecule has 26 heavy (non-hydrogen) atoms. The van der Waals surface area contributed by atoms with E-state index in [2.05, 4.69) is 4.98 Å². The van der Waals surface area contributed by atoms with Crippen LogP contribution in [-0.2, 0) is 6.54 Å². The van der Waals surface area contributed by atoms with Crippen molar-refractivity contribution in [3.05, 3.63) is 78.3 Å². The molecule has 4 rings (SSSR count). The summed E-state index contributed by atoms with van der Waals surface area (Å²) in [6.45, 7) is 0.342. The summed E-state index contributed by atoms with van der Waals surface area (Å²) >= 11 is 3.12. The van der Waals surface area contributed by atoms with Crippen molar-refractivity contribution in [3.63, 3.8) is 0 Å². The lowest BCUT2D eigenvalue weighted by atomic mass is 10.2. The molecule has 0 spiro atoms. The fourth-order valence-electron chi connectivity index (χ4n) is 2.67. The van der Waals surface area contributed by atoms with Gasteiger partial charge in [0.25, 0.3) is 5.91 Å². The van der Waals surface area contributed by atoms with Crippen molar-refractivity contribution in [1.29, 1.82) is 0 Å². The van der Waals surface area contributed by atoms with Gasteiger partial charge in [-0.15, -0.1) is 11.8 Å². The van der Waals surface area contributed by atoms with Crippen LogP contribution in [0.25, 0.3) is 10.2 Å².